The maximum Gasteiger partial charge on any atom is 0.175 e. The first-order valence-corrected chi connectivity index (χ1v) is 7.73. The molecule has 0 aliphatic carbocycles. The van der Waals surface area contributed by atoms with Crippen molar-refractivity contribution in [3.05, 3.63) is 54.1 Å². The molecule has 2 aromatic carbocycles. The fourth-order valence-corrected chi connectivity index (χ4v) is 2.38. The van der Waals surface area contributed by atoms with Crippen LogP contribution >= 0.6 is 0 Å². The van der Waals surface area contributed by atoms with Gasteiger partial charge in [-0.1, -0.05) is 30.3 Å². The first kappa shape index (κ1) is 13.4. The molecular formula is C14H16N2O2S. The molecule has 0 saturated heterocycles. The van der Waals surface area contributed by atoms with Crippen molar-refractivity contribution in [1.29, 1.82) is 0 Å². The van der Waals surface area contributed by atoms with Gasteiger partial charge in [-0.3, -0.25) is 0 Å². The minimum absolute atomic E-state index is 0.232. The summed E-state index contributed by atoms with van der Waals surface area (Å²) in [7, 11) is -3.22. The van der Waals surface area contributed by atoms with E-state index in [1.54, 1.807) is 12.1 Å². The predicted octanol–water partition coefficient (Wildman–Crippen LogP) is 2.28. The highest BCUT2D eigenvalue weighted by Gasteiger charge is 2.09. The van der Waals surface area contributed by atoms with Crippen LogP contribution in [0.15, 0.2) is 53.4 Å². The van der Waals surface area contributed by atoms with Gasteiger partial charge in [-0.2, -0.15) is 0 Å². The summed E-state index contributed by atoms with van der Waals surface area (Å²) in [5.74, 6) is 0. The third-order valence-electron chi connectivity index (χ3n) is 2.78. The molecule has 0 spiro atoms. The zero-order chi connectivity index (χ0) is 13.9. The van der Waals surface area contributed by atoms with E-state index in [9.17, 15) is 8.42 Å². The molecule has 5 heteroatoms. The van der Waals surface area contributed by atoms with E-state index in [4.69, 9.17) is 5.73 Å². The summed E-state index contributed by atoms with van der Waals surface area (Å²) in [5, 5.41) is 3.19. The fraction of sp³-hybridized carbons (Fsp3) is 0.143. The molecule has 0 radical (unpaired) electrons. The van der Waals surface area contributed by atoms with Crippen molar-refractivity contribution in [3.8, 4) is 0 Å². The van der Waals surface area contributed by atoms with Crippen LogP contribution in [0, 0.1) is 0 Å². The van der Waals surface area contributed by atoms with Crippen molar-refractivity contribution >= 4 is 21.2 Å². The number of nitrogens with two attached hydrogens (primary N) is 1. The Hall–Kier alpha value is -2.01. The number of anilines is 2. The molecule has 0 unspecified atom stereocenters. The molecule has 0 aliphatic rings. The van der Waals surface area contributed by atoms with Crippen LogP contribution in [0.4, 0.5) is 11.4 Å². The highest BCUT2D eigenvalue weighted by Crippen LogP contribution is 2.23. The maximum atomic E-state index is 11.4. The first-order chi connectivity index (χ1) is 8.97. The lowest BCUT2D eigenvalue weighted by atomic mass is 10.2. The molecule has 0 aliphatic heterocycles. The smallest absolute Gasteiger partial charge is 0.175 e. The second kappa shape index (κ2) is 5.32. The quantitative estimate of drug-likeness (QED) is 0.840. The zero-order valence-corrected chi connectivity index (χ0v) is 11.4. The SMILES string of the molecule is CS(=O)(=O)c1ccc(NCc2ccccc2)c(N)c1. The number of benzene rings is 2. The number of rotatable bonds is 4. The van der Waals surface area contributed by atoms with Crippen LogP contribution in [0.25, 0.3) is 0 Å². The highest BCUT2D eigenvalue weighted by molar-refractivity contribution is 7.90. The number of nitrogen functional groups attached to an aromatic ring is 1. The number of sulfone groups is 1. The molecule has 100 valence electrons. The zero-order valence-electron chi connectivity index (χ0n) is 10.6. The summed E-state index contributed by atoms with van der Waals surface area (Å²) >= 11 is 0. The summed E-state index contributed by atoms with van der Waals surface area (Å²) in [6.45, 7) is 0.642. The second-order valence-corrected chi connectivity index (χ2v) is 6.38. The van der Waals surface area contributed by atoms with Gasteiger partial charge in [0, 0.05) is 12.8 Å². The van der Waals surface area contributed by atoms with Gasteiger partial charge in [-0.15, -0.1) is 0 Å². The average molecular weight is 276 g/mol. The van der Waals surface area contributed by atoms with E-state index in [1.807, 2.05) is 30.3 Å². The van der Waals surface area contributed by atoms with E-state index < -0.39 is 9.84 Å². The number of hydrogen-bond acceptors (Lipinski definition) is 4. The van der Waals surface area contributed by atoms with Gasteiger partial charge in [0.1, 0.15) is 0 Å². The Balaban J connectivity index is 2.14. The van der Waals surface area contributed by atoms with Gasteiger partial charge in [0.2, 0.25) is 0 Å². The van der Waals surface area contributed by atoms with Crippen LogP contribution < -0.4 is 11.1 Å². The number of nitrogens with one attached hydrogen (secondary N) is 1. The third-order valence-corrected chi connectivity index (χ3v) is 3.89. The minimum Gasteiger partial charge on any atom is -0.397 e. The Morgan fingerprint density at radius 2 is 1.79 bits per heavy atom. The summed E-state index contributed by atoms with van der Waals surface area (Å²) in [6.07, 6.45) is 1.17. The van der Waals surface area contributed by atoms with Gasteiger partial charge in [0.15, 0.2) is 9.84 Å². The lowest BCUT2D eigenvalue weighted by Crippen LogP contribution is -2.04. The Kier molecular flexibility index (Phi) is 3.76. The van der Waals surface area contributed by atoms with Gasteiger partial charge < -0.3 is 11.1 Å². The Morgan fingerprint density at radius 3 is 2.37 bits per heavy atom. The van der Waals surface area contributed by atoms with Gasteiger partial charge in [-0.25, -0.2) is 8.42 Å². The van der Waals surface area contributed by atoms with E-state index in [-0.39, 0.29) is 4.90 Å². The minimum atomic E-state index is -3.22. The Labute approximate surface area is 113 Å². The van der Waals surface area contributed by atoms with Crippen molar-refractivity contribution < 1.29 is 8.42 Å². The van der Waals surface area contributed by atoms with Crippen LogP contribution in [0.5, 0.6) is 0 Å². The highest BCUT2D eigenvalue weighted by atomic mass is 32.2. The molecule has 0 atom stereocenters. The van der Waals surface area contributed by atoms with Crippen LogP contribution in [-0.4, -0.2) is 14.7 Å². The Morgan fingerprint density at radius 1 is 1.11 bits per heavy atom. The first-order valence-electron chi connectivity index (χ1n) is 5.84. The summed E-state index contributed by atoms with van der Waals surface area (Å²) in [5.41, 5.74) is 8.15. The second-order valence-electron chi connectivity index (χ2n) is 4.36. The van der Waals surface area contributed by atoms with E-state index in [1.165, 1.54) is 12.3 Å². The lowest BCUT2D eigenvalue weighted by molar-refractivity contribution is 0.602. The summed E-state index contributed by atoms with van der Waals surface area (Å²) in [4.78, 5) is 0.232. The van der Waals surface area contributed by atoms with Crippen molar-refractivity contribution in [1.82, 2.24) is 0 Å². The molecular weight excluding hydrogens is 260 g/mol. The van der Waals surface area contributed by atoms with Gasteiger partial charge >= 0.3 is 0 Å². The largest absolute Gasteiger partial charge is 0.397 e. The lowest BCUT2D eigenvalue weighted by Gasteiger charge is -2.10. The summed E-state index contributed by atoms with van der Waals surface area (Å²) in [6, 6.07) is 14.6. The van der Waals surface area contributed by atoms with Crippen LogP contribution in [0.3, 0.4) is 0 Å². The molecule has 4 nitrogen and oxygen atoms in total. The molecule has 0 saturated carbocycles. The summed E-state index contributed by atoms with van der Waals surface area (Å²) < 4.78 is 22.8. The van der Waals surface area contributed by atoms with Crippen LogP contribution in [0.1, 0.15) is 5.56 Å². The average Bonchev–Trinajstić information content (AvgIpc) is 2.37. The molecule has 0 bridgehead atoms. The number of hydrogen-bond donors (Lipinski definition) is 2. The normalized spacial score (nSPS) is 11.2. The topological polar surface area (TPSA) is 72.2 Å². The van der Waals surface area contributed by atoms with E-state index in [2.05, 4.69) is 5.32 Å². The van der Waals surface area contributed by atoms with E-state index in [0.29, 0.717) is 12.2 Å². The Bertz CT molecular complexity index is 667. The standard InChI is InChI=1S/C14H16N2O2S/c1-19(17,18)12-7-8-14(13(15)9-12)16-10-11-5-3-2-4-6-11/h2-9,16H,10,15H2,1H3. The predicted molar refractivity (Wildman–Crippen MR) is 77.7 cm³/mol. The van der Waals surface area contributed by atoms with E-state index >= 15 is 0 Å². The van der Waals surface area contributed by atoms with Gasteiger partial charge in [0.25, 0.3) is 0 Å². The van der Waals surface area contributed by atoms with Crippen LogP contribution in [-0.2, 0) is 16.4 Å². The maximum absolute atomic E-state index is 11.4. The van der Waals surface area contributed by atoms with Gasteiger partial charge in [-0.05, 0) is 23.8 Å². The fourth-order valence-electron chi connectivity index (χ4n) is 1.73. The monoisotopic (exact) mass is 276 g/mol. The molecule has 2 rings (SSSR count). The van der Waals surface area contributed by atoms with Crippen molar-refractivity contribution in [2.45, 2.75) is 11.4 Å². The molecule has 19 heavy (non-hydrogen) atoms. The van der Waals surface area contributed by atoms with Crippen molar-refractivity contribution in [2.75, 3.05) is 17.3 Å². The molecule has 0 heterocycles. The van der Waals surface area contributed by atoms with Crippen molar-refractivity contribution in [3.63, 3.8) is 0 Å². The van der Waals surface area contributed by atoms with Crippen molar-refractivity contribution in [2.24, 2.45) is 0 Å². The molecule has 0 aromatic heterocycles. The molecule has 3 N–H and O–H groups in total. The molecule has 2 aromatic rings. The van der Waals surface area contributed by atoms with Gasteiger partial charge in [0.05, 0.1) is 16.3 Å². The third kappa shape index (κ3) is 3.48. The molecule has 0 fully saturated rings. The van der Waals surface area contributed by atoms with E-state index in [0.717, 1.165) is 11.3 Å². The molecule has 0 amide bonds. The van der Waals surface area contributed by atoms with Crippen LogP contribution in [0.2, 0.25) is 0 Å².